The van der Waals surface area contributed by atoms with Crippen LogP contribution in [0.2, 0.25) is 0 Å². The number of rotatable bonds is 3. The smallest absolute Gasteiger partial charge is 0.231 e. The van der Waals surface area contributed by atoms with E-state index in [1.54, 1.807) is 6.92 Å². The number of anilines is 1. The van der Waals surface area contributed by atoms with Gasteiger partial charge in [-0.1, -0.05) is 42.5 Å². The molecule has 3 aliphatic rings. The van der Waals surface area contributed by atoms with E-state index in [2.05, 4.69) is 66.0 Å². The number of nitrogens with one attached hydrogen (secondary N) is 1. The first-order valence-electron chi connectivity index (χ1n) is 10.8. The fourth-order valence-corrected chi connectivity index (χ4v) is 5.20. The summed E-state index contributed by atoms with van der Waals surface area (Å²) in [7, 11) is 0. The van der Waals surface area contributed by atoms with Crippen LogP contribution in [0.3, 0.4) is 0 Å². The van der Waals surface area contributed by atoms with Crippen molar-refractivity contribution in [1.82, 2.24) is 0 Å². The number of carbonyl (C=O) groups is 1. The fraction of sp³-hybridized carbons (Fsp3) is 0.222. The van der Waals surface area contributed by atoms with Gasteiger partial charge < -0.3 is 14.8 Å². The Morgan fingerprint density at radius 1 is 0.968 bits per heavy atom. The lowest BCUT2D eigenvalue weighted by molar-refractivity contribution is 0.101. The van der Waals surface area contributed by atoms with Gasteiger partial charge in [-0.05, 0) is 71.8 Å². The second-order valence-electron chi connectivity index (χ2n) is 8.49. The van der Waals surface area contributed by atoms with Crippen molar-refractivity contribution >= 4 is 11.5 Å². The molecular formula is C27H23NO3. The summed E-state index contributed by atoms with van der Waals surface area (Å²) in [5.74, 6) is 2.36. The van der Waals surface area contributed by atoms with Crippen molar-refractivity contribution in [3.63, 3.8) is 0 Å². The molecule has 3 aromatic rings. The maximum atomic E-state index is 12.0. The number of hydrogen-bond donors (Lipinski definition) is 1. The third-order valence-electron chi connectivity index (χ3n) is 6.73. The molecule has 0 bridgehead atoms. The zero-order chi connectivity index (χ0) is 20.9. The number of fused-ring (bicyclic) bond motifs is 4. The van der Waals surface area contributed by atoms with E-state index in [1.807, 2.05) is 12.1 Å². The van der Waals surface area contributed by atoms with Crippen molar-refractivity contribution in [2.24, 2.45) is 5.92 Å². The van der Waals surface area contributed by atoms with Gasteiger partial charge in [-0.2, -0.15) is 0 Å². The largest absolute Gasteiger partial charge is 0.454 e. The molecule has 6 rings (SSSR count). The van der Waals surface area contributed by atoms with E-state index in [0.717, 1.165) is 40.3 Å². The molecule has 1 aliphatic carbocycles. The van der Waals surface area contributed by atoms with Gasteiger partial charge in [0.1, 0.15) is 0 Å². The number of ether oxygens (including phenoxy) is 2. The van der Waals surface area contributed by atoms with Crippen molar-refractivity contribution < 1.29 is 14.3 Å². The zero-order valence-corrected chi connectivity index (χ0v) is 17.3. The Morgan fingerprint density at radius 3 is 2.58 bits per heavy atom. The molecule has 0 fully saturated rings. The van der Waals surface area contributed by atoms with Crippen LogP contribution in [-0.2, 0) is 0 Å². The van der Waals surface area contributed by atoms with Crippen LogP contribution in [0.4, 0.5) is 5.69 Å². The number of benzene rings is 3. The molecule has 0 aromatic heterocycles. The van der Waals surface area contributed by atoms with E-state index in [9.17, 15) is 4.79 Å². The standard InChI is InChI=1S/C27H23NO3/c1-16(29)18-10-11-24-22(12-18)19-8-5-9-20(19)27(28-24)23-14-26-25(30-15-31-26)13-21(23)17-6-3-2-4-7-17/h2-8,10-14,19-20,27-28H,9,15H2,1H3. The van der Waals surface area contributed by atoms with Gasteiger partial charge in [0, 0.05) is 17.2 Å². The minimum Gasteiger partial charge on any atom is -0.454 e. The van der Waals surface area contributed by atoms with E-state index in [1.165, 1.54) is 11.1 Å². The quantitative estimate of drug-likeness (QED) is 0.419. The minimum atomic E-state index is 0.102. The topological polar surface area (TPSA) is 47.6 Å². The monoisotopic (exact) mass is 409 g/mol. The van der Waals surface area contributed by atoms with E-state index in [-0.39, 0.29) is 24.5 Å². The van der Waals surface area contributed by atoms with Crippen LogP contribution >= 0.6 is 0 Å². The van der Waals surface area contributed by atoms with Crippen LogP contribution < -0.4 is 14.8 Å². The summed E-state index contributed by atoms with van der Waals surface area (Å²) in [6.07, 6.45) is 5.57. The lowest BCUT2D eigenvalue weighted by atomic mass is 9.75. The predicted molar refractivity (Wildman–Crippen MR) is 121 cm³/mol. The Morgan fingerprint density at radius 2 is 1.77 bits per heavy atom. The molecule has 4 heteroatoms. The van der Waals surface area contributed by atoms with Gasteiger partial charge in [0.2, 0.25) is 6.79 Å². The van der Waals surface area contributed by atoms with Gasteiger partial charge in [-0.25, -0.2) is 0 Å². The summed E-state index contributed by atoms with van der Waals surface area (Å²) in [6.45, 7) is 1.89. The van der Waals surface area contributed by atoms with Crippen LogP contribution in [0.15, 0.2) is 72.8 Å². The van der Waals surface area contributed by atoms with Crippen LogP contribution in [0.5, 0.6) is 11.5 Å². The molecule has 31 heavy (non-hydrogen) atoms. The summed E-state index contributed by atoms with van der Waals surface area (Å²) >= 11 is 0. The Bertz CT molecular complexity index is 1210. The predicted octanol–water partition coefficient (Wildman–Crippen LogP) is 6.11. The molecule has 0 spiro atoms. The molecule has 3 aromatic carbocycles. The summed E-state index contributed by atoms with van der Waals surface area (Å²) in [4.78, 5) is 12.0. The summed E-state index contributed by atoms with van der Waals surface area (Å²) in [5.41, 5.74) is 6.63. The normalized spacial score (nSPS) is 22.5. The number of ketones is 1. The molecule has 2 aliphatic heterocycles. The fourth-order valence-electron chi connectivity index (χ4n) is 5.20. The maximum Gasteiger partial charge on any atom is 0.231 e. The third kappa shape index (κ3) is 2.94. The van der Waals surface area contributed by atoms with Crippen LogP contribution in [-0.4, -0.2) is 12.6 Å². The average Bonchev–Trinajstić information content (AvgIpc) is 3.47. The van der Waals surface area contributed by atoms with Crippen molar-refractivity contribution in [1.29, 1.82) is 0 Å². The van der Waals surface area contributed by atoms with Crippen molar-refractivity contribution in [3.05, 3.63) is 89.5 Å². The van der Waals surface area contributed by atoms with Gasteiger partial charge in [-0.15, -0.1) is 0 Å². The molecule has 3 unspecified atom stereocenters. The molecule has 0 saturated carbocycles. The number of allylic oxidation sites excluding steroid dienone is 2. The highest BCUT2D eigenvalue weighted by Crippen LogP contribution is 2.53. The highest BCUT2D eigenvalue weighted by molar-refractivity contribution is 5.95. The second kappa shape index (κ2) is 7.02. The van der Waals surface area contributed by atoms with Gasteiger partial charge in [0.05, 0.1) is 6.04 Å². The van der Waals surface area contributed by atoms with Crippen LogP contribution in [0.25, 0.3) is 11.1 Å². The zero-order valence-electron chi connectivity index (χ0n) is 17.3. The molecule has 154 valence electrons. The summed E-state index contributed by atoms with van der Waals surface area (Å²) < 4.78 is 11.4. The average molecular weight is 409 g/mol. The molecule has 0 saturated heterocycles. The van der Waals surface area contributed by atoms with Gasteiger partial charge in [0.25, 0.3) is 0 Å². The van der Waals surface area contributed by atoms with E-state index in [4.69, 9.17) is 9.47 Å². The Balaban J connectivity index is 1.50. The number of hydrogen-bond acceptors (Lipinski definition) is 4. The van der Waals surface area contributed by atoms with E-state index in [0.29, 0.717) is 5.92 Å². The first kappa shape index (κ1) is 18.3. The number of carbonyl (C=O) groups excluding carboxylic acids is 1. The third-order valence-corrected chi connectivity index (χ3v) is 6.73. The number of Topliss-reactive ketones (excluding diaryl/α,β-unsaturated/α-hetero) is 1. The minimum absolute atomic E-state index is 0.102. The Kier molecular flexibility index (Phi) is 4.13. The SMILES string of the molecule is CC(=O)c1ccc2c(c1)C1C=CCC1C(c1cc3c(cc1-c1ccccc1)OCO3)N2. The summed E-state index contributed by atoms with van der Waals surface area (Å²) in [5, 5.41) is 3.80. The molecule has 3 atom stereocenters. The molecule has 4 nitrogen and oxygen atoms in total. The summed E-state index contributed by atoms with van der Waals surface area (Å²) in [6, 6.07) is 20.9. The first-order chi connectivity index (χ1) is 15.2. The van der Waals surface area contributed by atoms with Gasteiger partial charge >= 0.3 is 0 Å². The molecule has 1 N–H and O–H groups in total. The molecule has 0 radical (unpaired) electrons. The van der Waals surface area contributed by atoms with Gasteiger partial charge in [0.15, 0.2) is 17.3 Å². The lowest BCUT2D eigenvalue weighted by Gasteiger charge is -2.38. The van der Waals surface area contributed by atoms with Crippen molar-refractivity contribution in [3.8, 4) is 22.6 Å². The lowest BCUT2D eigenvalue weighted by Crippen LogP contribution is -2.29. The highest BCUT2D eigenvalue weighted by Gasteiger charge is 2.39. The highest BCUT2D eigenvalue weighted by atomic mass is 16.7. The molecular weight excluding hydrogens is 386 g/mol. The first-order valence-corrected chi connectivity index (χ1v) is 10.8. The Hall–Kier alpha value is -3.53. The van der Waals surface area contributed by atoms with E-state index < -0.39 is 0 Å². The second-order valence-corrected chi connectivity index (χ2v) is 8.49. The van der Waals surface area contributed by atoms with Crippen molar-refractivity contribution in [2.45, 2.75) is 25.3 Å². The molecule has 0 amide bonds. The van der Waals surface area contributed by atoms with E-state index >= 15 is 0 Å². The molecule has 2 heterocycles. The van der Waals surface area contributed by atoms with Crippen molar-refractivity contribution in [2.75, 3.05) is 12.1 Å². The van der Waals surface area contributed by atoms with Crippen LogP contribution in [0.1, 0.15) is 46.8 Å². The van der Waals surface area contributed by atoms with Crippen LogP contribution in [0, 0.1) is 5.92 Å². The Labute approximate surface area is 181 Å². The maximum absolute atomic E-state index is 12.0. The van der Waals surface area contributed by atoms with Gasteiger partial charge in [-0.3, -0.25) is 4.79 Å².